The third-order valence-electron chi connectivity index (χ3n) is 4.22. The largest absolute Gasteiger partial charge is 0.354 e. The van der Waals surface area contributed by atoms with Crippen molar-refractivity contribution >= 4 is 21.7 Å². The van der Waals surface area contributed by atoms with Crippen LogP contribution in [0.3, 0.4) is 0 Å². The summed E-state index contributed by atoms with van der Waals surface area (Å²) in [5.41, 5.74) is 0.941. The van der Waals surface area contributed by atoms with Crippen LogP contribution < -0.4 is 5.32 Å². The second kappa shape index (κ2) is 7.81. The molecule has 1 amide bonds. The number of sulfone groups is 1. The lowest BCUT2D eigenvalue weighted by Crippen LogP contribution is -2.36. The lowest BCUT2D eigenvalue weighted by Gasteiger charge is -2.24. The van der Waals surface area contributed by atoms with E-state index in [0.717, 1.165) is 11.9 Å². The van der Waals surface area contributed by atoms with Crippen LogP contribution in [0, 0.1) is 5.92 Å². The van der Waals surface area contributed by atoms with Crippen molar-refractivity contribution in [2.45, 2.75) is 19.5 Å². The normalized spacial score (nSPS) is 17.4. The Morgan fingerprint density at radius 3 is 2.77 bits per heavy atom. The second-order valence-electron chi connectivity index (χ2n) is 6.48. The Morgan fingerprint density at radius 1 is 1.27 bits per heavy atom. The van der Waals surface area contributed by atoms with Crippen LogP contribution in [-0.2, 0) is 27.7 Å². The predicted molar refractivity (Wildman–Crippen MR) is 96.0 cm³/mol. The summed E-state index contributed by atoms with van der Waals surface area (Å²) >= 11 is 0. The molecule has 1 aliphatic heterocycles. The number of anilines is 1. The van der Waals surface area contributed by atoms with Crippen LogP contribution >= 0.6 is 0 Å². The maximum atomic E-state index is 12.5. The summed E-state index contributed by atoms with van der Waals surface area (Å²) in [4.78, 5) is 22.5. The second-order valence-corrected chi connectivity index (χ2v) is 8.74. The number of hydrogen-bond acceptors (Lipinski definition) is 7. The van der Waals surface area contributed by atoms with Gasteiger partial charge in [-0.25, -0.2) is 18.4 Å². The molecule has 1 N–H and O–H groups in total. The first kappa shape index (κ1) is 18.3. The fraction of sp³-hybridized carbons (Fsp3) is 0.500. The van der Waals surface area contributed by atoms with Crippen LogP contribution in [0.15, 0.2) is 30.7 Å². The summed E-state index contributed by atoms with van der Waals surface area (Å²) in [5, 5.41) is 7.51. The molecule has 1 unspecified atom stereocenters. The first-order valence-electron chi connectivity index (χ1n) is 8.38. The Labute approximate surface area is 152 Å². The average molecular weight is 378 g/mol. The van der Waals surface area contributed by atoms with E-state index < -0.39 is 9.84 Å². The van der Waals surface area contributed by atoms with Crippen molar-refractivity contribution in [2.24, 2.45) is 5.92 Å². The molecule has 1 aliphatic rings. The van der Waals surface area contributed by atoms with E-state index in [1.807, 2.05) is 10.7 Å². The van der Waals surface area contributed by atoms with Gasteiger partial charge in [0.05, 0.1) is 18.0 Å². The zero-order chi connectivity index (χ0) is 18.6. The van der Waals surface area contributed by atoms with Gasteiger partial charge >= 0.3 is 0 Å². The highest BCUT2D eigenvalue weighted by Gasteiger charge is 2.26. The van der Waals surface area contributed by atoms with Gasteiger partial charge in [0.1, 0.15) is 9.84 Å². The van der Waals surface area contributed by atoms with E-state index in [4.69, 9.17) is 0 Å². The number of nitrogens with one attached hydrogen (secondary N) is 1. The highest BCUT2D eigenvalue weighted by atomic mass is 32.2. The highest BCUT2D eigenvalue weighted by molar-refractivity contribution is 7.90. The average Bonchev–Trinajstić information content (AvgIpc) is 2.96. The number of carbonyl (C=O) groups excluding carboxylic acids is 1. The maximum Gasteiger partial charge on any atom is 0.223 e. The molecule has 0 aromatic carbocycles. The van der Waals surface area contributed by atoms with Crippen molar-refractivity contribution in [3.05, 3.63) is 36.4 Å². The summed E-state index contributed by atoms with van der Waals surface area (Å²) in [6, 6.07) is 3.63. The van der Waals surface area contributed by atoms with Crippen molar-refractivity contribution in [3.8, 4) is 0 Å². The van der Waals surface area contributed by atoms with E-state index in [2.05, 4.69) is 20.4 Å². The van der Waals surface area contributed by atoms with Gasteiger partial charge in [0.15, 0.2) is 0 Å². The zero-order valence-electron chi connectivity index (χ0n) is 14.6. The molecule has 2 aromatic heterocycles. The topological polar surface area (TPSA) is 110 Å². The highest BCUT2D eigenvalue weighted by Crippen LogP contribution is 2.17. The third kappa shape index (κ3) is 5.01. The van der Waals surface area contributed by atoms with Crippen LogP contribution in [0.4, 0.5) is 5.95 Å². The first-order valence-corrected chi connectivity index (χ1v) is 10.4. The number of carbonyl (C=O) groups is 1. The van der Waals surface area contributed by atoms with E-state index in [1.54, 1.807) is 29.6 Å². The van der Waals surface area contributed by atoms with Gasteiger partial charge < -0.3 is 10.2 Å². The molecule has 2 aromatic rings. The van der Waals surface area contributed by atoms with Gasteiger partial charge in [-0.3, -0.25) is 9.48 Å². The standard InChI is InChI=1S/C16H22N6O3S/c1-26(24,25)8-4-15(23)21-10-13(9-19-16-17-5-2-6-18-16)11-22-14(12-21)3-7-20-22/h2-3,5-7,13H,4,8-12H2,1H3,(H,17,18,19). The number of hydrogen-bond donors (Lipinski definition) is 1. The molecule has 0 saturated carbocycles. The summed E-state index contributed by atoms with van der Waals surface area (Å²) in [6.45, 7) is 2.20. The van der Waals surface area contributed by atoms with Gasteiger partial charge in [0.25, 0.3) is 0 Å². The zero-order valence-corrected chi connectivity index (χ0v) is 15.4. The number of amides is 1. The fourth-order valence-corrected chi connectivity index (χ4v) is 3.45. The molecule has 3 rings (SSSR count). The Hall–Kier alpha value is -2.49. The van der Waals surface area contributed by atoms with E-state index in [0.29, 0.717) is 32.1 Å². The van der Waals surface area contributed by atoms with E-state index in [1.165, 1.54) is 0 Å². The Kier molecular flexibility index (Phi) is 5.50. The minimum Gasteiger partial charge on any atom is -0.354 e. The quantitative estimate of drug-likeness (QED) is 0.763. The lowest BCUT2D eigenvalue weighted by atomic mass is 10.1. The number of aromatic nitrogens is 4. The fourth-order valence-electron chi connectivity index (χ4n) is 2.91. The van der Waals surface area contributed by atoms with Crippen LogP contribution in [0.2, 0.25) is 0 Å². The molecule has 0 fully saturated rings. The van der Waals surface area contributed by atoms with E-state index in [-0.39, 0.29) is 24.0 Å². The Balaban J connectivity index is 1.69. The van der Waals surface area contributed by atoms with Gasteiger partial charge in [-0.1, -0.05) is 0 Å². The van der Waals surface area contributed by atoms with Crippen molar-refractivity contribution in [1.82, 2.24) is 24.6 Å². The Morgan fingerprint density at radius 2 is 2.04 bits per heavy atom. The smallest absolute Gasteiger partial charge is 0.223 e. The summed E-state index contributed by atoms with van der Waals surface area (Å²) < 4.78 is 24.6. The minimum atomic E-state index is -3.17. The molecule has 3 heterocycles. The van der Waals surface area contributed by atoms with Crippen LogP contribution in [0.25, 0.3) is 0 Å². The van der Waals surface area contributed by atoms with Crippen LogP contribution in [0.1, 0.15) is 12.1 Å². The van der Waals surface area contributed by atoms with E-state index in [9.17, 15) is 13.2 Å². The van der Waals surface area contributed by atoms with Crippen LogP contribution in [-0.4, -0.2) is 64.1 Å². The SMILES string of the molecule is CS(=O)(=O)CCC(=O)N1Cc2ccnn2CC(CNc2ncccn2)C1. The predicted octanol–water partition coefficient (Wildman–Crippen LogP) is 0.178. The van der Waals surface area contributed by atoms with Crippen molar-refractivity contribution in [2.75, 3.05) is 30.4 Å². The molecular formula is C16H22N6O3S. The molecule has 26 heavy (non-hydrogen) atoms. The molecule has 0 radical (unpaired) electrons. The van der Waals surface area contributed by atoms with Crippen molar-refractivity contribution in [3.63, 3.8) is 0 Å². The number of rotatable bonds is 6. The summed E-state index contributed by atoms with van der Waals surface area (Å²) in [7, 11) is -3.17. The van der Waals surface area contributed by atoms with Gasteiger partial charge in [0, 0.05) is 56.8 Å². The van der Waals surface area contributed by atoms with Gasteiger partial charge in [-0.2, -0.15) is 5.10 Å². The number of nitrogens with zero attached hydrogens (tertiary/aromatic N) is 5. The Bertz CT molecular complexity index is 852. The molecule has 1 atom stereocenters. The molecule has 9 nitrogen and oxygen atoms in total. The van der Waals surface area contributed by atoms with Gasteiger partial charge in [-0.05, 0) is 12.1 Å². The van der Waals surface area contributed by atoms with Gasteiger partial charge in [-0.15, -0.1) is 0 Å². The molecular weight excluding hydrogens is 356 g/mol. The molecule has 140 valence electrons. The monoisotopic (exact) mass is 378 g/mol. The van der Waals surface area contributed by atoms with Crippen molar-refractivity contribution < 1.29 is 13.2 Å². The number of fused-ring (bicyclic) bond motifs is 1. The first-order chi connectivity index (χ1) is 12.4. The minimum absolute atomic E-state index is 0.00504. The summed E-state index contributed by atoms with van der Waals surface area (Å²) in [6.07, 6.45) is 6.17. The molecule has 0 aliphatic carbocycles. The summed E-state index contributed by atoms with van der Waals surface area (Å²) in [5.74, 6) is 0.336. The molecule has 0 saturated heterocycles. The molecule has 0 bridgehead atoms. The van der Waals surface area contributed by atoms with Gasteiger partial charge in [0.2, 0.25) is 11.9 Å². The molecule has 10 heteroatoms. The van der Waals surface area contributed by atoms with Crippen LogP contribution in [0.5, 0.6) is 0 Å². The lowest BCUT2D eigenvalue weighted by molar-refractivity contribution is -0.131. The maximum absolute atomic E-state index is 12.5. The van der Waals surface area contributed by atoms with E-state index >= 15 is 0 Å². The third-order valence-corrected chi connectivity index (χ3v) is 5.17. The van der Waals surface area contributed by atoms with Crippen molar-refractivity contribution in [1.29, 1.82) is 0 Å². The molecule has 0 spiro atoms.